The molecule has 0 saturated carbocycles. The van der Waals surface area contributed by atoms with Gasteiger partial charge in [-0.2, -0.15) is 0 Å². The Hall–Kier alpha value is -1.05. The second kappa shape index (κ2) is 24.6. The number of esters is 3. The molecule has 2 N–H and O–H groups in total. The Kier molecular flexibility index (Phi) is 25.5. The molecular weight excluding hydrogens is 495 g/mol. The van der Waals surface area contributed by atoms with Crippen LogP contribution in [0.25, 0.3) is 0 Å². The third-order valence-corrected chi connectivity index (χ3v) is 4.64. The first-order valence-electron chi connectivity index (χ1n) is 11.6. The van der Waals surface area contributed by atoms with Crippen LogP contribution in [0.2, 0.25) is 0 Å². The number of rotatable bonds is 18. The van der Waals surface area contributed by atoms with E-state index in [-0.39, 0.29) is 6.42 Å². The van der Waals surface area contributed by atoms with Gasteiger partial charge in [0.1, 0.15) is 0 Å². The number of carbonyl (C=O) groups is 3. The fraction of sp³-hybridized carbons (Fsp3) is 0.783. The van der Waals surface area contributed by atoms with E-state index in [1.807, 2.05) is 0 Å². The molecule has 32 heavy (non-hydrogen) atoms. The Morgan fingerprint density at radius 1 is 0.812 bits per heavy atom. The summed E-state index contributed by atoms with van der Waals surface area (Å²) in [6.45, 7) is 7.23. The fourth-order valence-corrected chi connectivity index (χ4v) is 2.99. The summed E-state index contributed by atoms with van der Waals surface area (Å²) < 4.78 is 32.4. The maximum atomic E-state index is 11.5. The van der Waals surface area contributed by atoms with Crippen LogP contribution in [0.1, 0.15) is 104 Å². The van der Waals surface area contributed by atoms with Crippen molar-refractivity contribution in [3.8, 4) is 0 Å². The normalized spacial score (nSPS) is 10.2. The first kappa shape index (κ1) is 33.1. The van der Waals surface area contributed by atoms with Crippen molar-refractivity contribution in [3.05, 3.63) is 12.7 Å². The van der Waals surface area contributed by atoms with Crippen LogP contribution >= 0.6 is 0 Å². The van der Waals surface area contributed by atoms with Crippen LogP contribution in [-0.2, 0) is 49.3 Å². The molecule has 8 nitrogen and oxygen atoms in total. The van der Waals surface area contributed by atoms with Gasteiger partial charge in [0.05, 0.1) is 0 Å². The molecule has 0 rings (SSSR count). The van der Waals surface area contributed by atoms with Gasteiger partial charge in [-0.05, 0) is 12.3 Å². The molecule has 0 atom stereocenters. The van der Waals surface area contributed by atoms with Gasteiger partial charge in [0.15, 0.2) is 6.61 Å². The van der Waals surface area contributed by atoms with E-state index in [2.05, 4.69) is 29.9 Å². The summed E-state index contributed by atoms with van der Waals surface area (Å²) in [5.74, 6) is -1.29. The van der Waals surface area contributed by atoms with Gasteiger partial charge in [0.25, 0.3) is 0 Å². The van der Waals surface area contributed by atoms with E-state index in [1.54, 1.807) is 0 Å². The fourth-order valence-electron chi connectivity index (χ4n) is 2.99. The van der Waals surface area contributed by atoms with Gasteiger partial charge in [-0.15, -0.1) is 0 Å². The van der Waals surface area contributed by atoms with Crippen molar-refractivity contribution < 1.29 is 55.7 Å². The number of hydrogen-bond acceptors (Lipinski definition) is 6. The maximum absolute atomic E-state index is 11.5. The van der Waals surface area contributed by atoms with Crippen LogP contribution in [0.3, 0.4) is 0 Å². The van der Waals surface area contributed by atoms with E-state index in [9.17, 15) is 14.4 Å². The van der Waals surface area contributed by atoms with Gasteiger partial charge in [-0.3, -0.25) is 4.79 Å². The van der Waals surface area contributed by atoms with Crippen LogP contribution < -0.4 is 0 Å². The summed E-state index contributed by atoms with van der Waals surface area (Å²) in [4.78, 5) is 33.6. The number of carbonyl (C=O) groups excluding carboxylic acids is 3. The standard InChI is InChI=1S/C23H40O5.2H2O.O.Zr/c1-4-21(24)27-19-23(26)28-22(25)18-16-14-12-10-8-6-5-7-9-11-13-15-17-20(2)3;;;;/h4,20H,1,5-19H2,2-3H3;2*1H2;;/q;;;;+2/p-2. The molecule has 0 bridgehead atoms. The molecule has 0 aliphatic carbocycles. The summed E-state index contributed by atoms with van der Waals surface area (Å²) in [5.41, 5.74) is 0. The minimum absolute atomic E-state index is 0.220. The molecule has 0 aromatic carbocycles. The van der Waals surface area contributed by atoms with Gasteiger partial charge < -0.3 is 9.47 Å². The van der Waals surface area contributed by atoms with E-state index in [0.29, 0.717) is 0 Å². The zero-order valence-corrected chi connectivity index (χ0v) is 22.3. The summed E-state index contributed by atoms with van der Waals surface area (Å²) in [7, 11) is 0. The first-order valence-corrected chi connectivity index (χ1v) is 14.8. The van der Waals surface area contributed by atoms with Gasteiger partial charge in [0.2, 0.25) is 0 Å². The topological polar surface area (TPSA) is 127 Å². The molecule has 9 heteroatoms. The number of unbranched alkanes of at least 4 members (excludes halogenated alkanes) is 11. The third-order valence-electron chi connectivity index (χ3n) is 4.64. The molecule has 0 fully saturated rings. The van der Waals surface area contributed by atoms with Crippen LogP contribution in [0, 0.1) is 5.92 Å². The third kappa shape index (κ3) is 31.1. The Labute approximate surface area is 202 Å². The summed E-state index contributed by atoms with van der Waals surface area (Å²) in [6.07, 6.45) is 17.2. The van der Waals surface area contributed by atoms with Crippen LogP contribution in [0.4, 0.5) is 0 Å². The van der Waals surface area contributed by atoms with Gasteiger partial charge >= 0.3 is 49.7 Å². The van der Waals surface area contributed by atoms with Crippen molar-refractivity contribution in [2.75, 3.05) is 6.61 Å². The Morgan fingerprint density at radius 3 is 1.62 bits per heavy atom. The zero-order chi connectivity index (χ0) is 24.6. The predicted octanol–water partition coefficient (Wildman–Crippen LogP) is 4.67. The van der Waals surface area contributed by atoms with E-state index in [0.717, 1.165) is 31.3 Å². The average molecular weight is 538 g/mol. The number of hydrogen-bond donors (Lipinski definition) is 2. The molecule has 0 saturated heterocycles. The monoisotopic (exact) mass is 536 g/mol. The molecule has 0 heterocycles. The Bertz CT molecular complexity index is 530. The molecule has 0 amide bonds. The van der Waals surface area contributed by atoms with Crippen molar-refractivity contribution >= 4 is 17.9 Å². The second-order valence-electron chi connectivity index (χ2n) is 8.12. The SMILES string of the molecule is C=CC(=O)OCC(=O)OC(=O)CCCCCCCCCCCCCCC(C)C.[O]=[Zr]([OH])[OH]. The van der Waals surface area contributed by atoms with Crippen molar-refractivity contribution in [3.63, 3.8) is 0 Å². The van der Waals surface area contributed by atoms with Gasteiger partial charge in [-0.25, -0.2) is 9.59 Å². The quantitative estimate of drug-likeness (QED) is 0.112. The minimum atomic E-state index is -3.79. The molecular formula is C23H42O8Zr. The Morgan fingerprint density at radius 2 is 1.22 bits per heavy atom. The van der Waals surface area contributed by atoms with Crippen LogP contribution in [0.15, 0.2) is 12.7 Å². The summed E-state index contributed by atoms with van der Waals surface area (Å²) in [6, 6.07) is 0. The van der Waals surface area contributed by atoms with Crippen molar-refractivity contribution in [1.29, 1.82) is 0 Å². The summed E-state index contributed by atoms with van der Waals surface area (Å²) >= 11 is -3.79. The van der Waals surface area contributed by atoms with Crippen molar-refractivity contribution in [2.45, 2.75) is 104 Å². The molecule has 0 aromatic heterocycles. The van der Waals surface area contributed by atoms with E-state index >= 15 is 0 Å². The average Bonchev–Trinajstić information content (AvgIpc) is 2.71. The summed E-state index contributed by atoms with van der Waals surface area (Å²) in [5, 5.41) is 0. The molecule has 0 aromatic rings. The molecule has 0 spiro atoms. The van der Waals surface area contributed by atoms with Crippen molar-refractivity contribution in [1.82, 2.24) is 0 Å². The number of ether oxygens (including phenoxy) is 2. The van der Waals surface area contributed by atoms with Crippen LogP contribution in [0.5, 0.6) is 0 Å². The molecule has 0 unspecified atom stereocenters. The second-order valence-corrected chi connectivity index (χ2v) is 9.50. The van der Waals surface area contributed by atoms with Gasteiger partial charge in [-0.1, -0.05) is 97.5 Å². The van der Waals surface area contributed by atoms with E-state index in [1.165, 1.54) is 64.2 Å². The predicted molar refractivity (Wildman–Crippen MR) is 117 cm³/mol. The Balaban J connectivity index is 0. The molecule has 0 aliphatic rings. The van der Waals surface area contributed by atoms with Crippen molar-refractivity contribution in [2.24, 2.45) is 5.92 Å². The molecule has 0 aliphatic heterocycles. The zero-order valence-electron chi connectivity index (χ0n) is 19.8. The van der Waals surface area contributed by atoms with E-state index < -0.39 is 47.2 Å². The molecule has 186 valence electrons. The first-order chi connectivity index (χ1) is 15.2. The van der Waals surface area contributed by atoms with Crippen LogP contribution in [-0.4, -0.2) is 30.9 Å². The van der Waals surface area contributed by atoms with Gasteiger partial charge in [0, 0.05) is 12.5 Å². The van der Waals surface area contributed by atoms with E-state index in [4.69, 9.17) is 9.18 Å². The molecule has 0 radical (unpaired) electrons.